The summed E-state index contributed by atoms with van der Waals surface area (Å²) in [6, 6.07) is 8.35. The van der Waals surface area contributed by atoms with E-state index < -0.39 is 0 Å². The van der Waals surface area contributed by atoms with E-state index in [1.807, 2.05) is 24.8 Å². The SMILES string of the molecule is C#CCCOc1cc(-c2ccc(C)s2)cc2c1OCCN(C(=O)C(C)C)C2. The first kappa shape index (κ1) is 19.3. The van der Waals surface area contributed by atoms with E-state index in [0.29, 0.717) is 38.5 Å². The minimum atomic E-state index is -0.0407. The number of amides is 1. The van der Waals surface area contributed by atoms with Crippen LogP contribution in [0.3, 0.4) is 0 Å². The number of ether oxygens (including phenoxy) is 2. The second-order valence-corrected chi connectivity index (χ2v) is 8.23. The normalized spacial score (nSPS) is 13.5. The first-order chi connectivity index (χ1) is 13.0. The van der Waals surface area contributed by atoms with E-state index in [4.69, 9.17) is 15.9 Å². The second kappa shape index (κ2) is 8.49. The number of benzene rings is 1. The van der Waals surface area contributed by atoms with E-state index in [0.717, 1.165) is 16.9 Å². The molecule has 1 aromatic carbocycles. The van der Waals surface area contributed by atoms with Crippen LogP contribution in [0.1, 0.15) is 30.7 Å². The van der Waals surface area contributed by atoms with Gasteiger partial charge in [-0.1, -0.05) is 13.8 Å². The molecule has 1 aliphatic heterocycles. The maximum Gasteiger partial charge on any atom is 0.225 e. The molecule has 0 spiro atoms. The molecule has 1 amide bonds. The Hall–Kier alpha value is -2.45. The largest absolute Gasteiger partial charge is 0.489 e. The highest BCUT2D eigenvalue weighted by Gasteiger charge is 2.25. The van der Waals surface area contributed by atoms with Crippen LogP contribution in [-0.4, -0.2) is 30.6 Å². The van der Waals surface area contributed by atoms with Gasteiger partial charge in [-0.2, -0.15) is 0 Å². The Bertz CT molecular complexity index is 863. The molecule has 0 bridgehead atoms. The van der Waals surface area contributed by atoms with Crippen LogP contribution in [0.2, 0.25) is 0 Å². The summed E-state index contributed by atoms with van der Waals surface area (Å²) in [5.74, 6) is 4.12. The van der Waals surface area contributed by atoms with Crippen LogP contribution in [0.15, 0.2) is 24.3 Å². The molecule has 2 heterocycles. The van der Waals surface area contributed by atoms with Gasteiger partial charge in [0.25, 0.3) is 0 Å². The topological polar surface area (TPSA) is 38.8 Å². The molecule has 0 unspecified atom stereocenters. The Labute approximate surface area is 165 Å². The molecule has 27 heavy (non-hydrogen) atoms. The Morgan fingerprint density at radius 2 is 2.22 bits per heavy atom. The van der Waals surface area contributed by atoms with E-state index in [9.17, 15) is 4.79 Å². The molecule has 0 N–H and O–H groups in total. The number of carbonyl (C=O) groups excluding carboxylic acids is 1. The van der Waals surface area contributed by atoms with Crippen molar-refractivity contribution in [2.45, 2.75) is 33.7 Å². The van der Waals surface area contributed by atoms with Gasteiger partial charge in [0, 0.05) is 34.2 Å². The van der Waals surface area contributed by atoms with Gasteiger partial charge in [-0.05, 0) is 36.8 Å². The fraction of sp³-hybridized carbons (Fsp3) is 0.409. The molecule has 3 rings (SSSR count). The van der Waals surface area contributed by atoms with Gasteiger partial charge < -0.3 is 14.4 Å². The first-order valence-corrected chi connectivity index (χ1v) is 10.0. The van der Waals surface area contributed by atoms with Gasteiger partial charge in [-0.25, -0.2) is 0 Å². The van der Waals surface area contributed by atoms with Crippen LogP contribution in [-0.2, 0) is 11.3 Å². The molecule has 0 atom stereocenters. The van der Waals surface area contributed by atoms with Crippen molar-refractivity contribution in [2.24, 2.45) is 5.92 Å². The smallest absolute Gasteiger partial charge is 0.225 e. The number of fused-ring (bicyclic) bond motifs is 1. The summed E-state index contributed by atoms with van der Waals surface area (Å²) in [7, 11) is 0. The van der Waals surface area contributed by atoms with E-state index in [2.05, 4.69) is 31.0 Å². The van der Waals surface area contributed by atoms with Crippen LogP contribution >= 0.6 is 11.3 Å². The van der Waals surface area contributed by atoms with Gasteiger partial charge in [0.15, 0.2) is 11.5 Å². The van der Waals surface area contributed by atoms with E-state index in [-0.39, 0.29) is 11.8 Å². The monoisotopic (exact) mass is 383 g/mol. The molecular formula is C22H25NO3S. The minimum Gasteiger partial charge on any atom is -0.489 e. The number of thiophene rings is 1. The first-order valence-electron chi connectivity index (χ1n) is 9.21. The highest BCUT2D eigenvalue weighted by atomic mass is 32.1. The molecule has 5 heteroatoms. The highest BCUT2D eigenvalue weighted by molar-refractivity contribution is 7.15. The van der Waals surface area contributed by atoms with Crippen molar-refractivity contribution in [1.29, 1.82) is 0 Å². The fourth-order valence-corrected chi connectivity index (χ4v) is 3.95. The van der Waals surface area contributed by atoms with Gasteiger partial charge in [-0.3, -0.25) is 4.79 Å². The van der Waals surface area contributed by atoms with Crippen molar-refractivity contribution in [3.05, 3.63) is 34.7 Å². The lowest BCUT2D eigenvalue weighted by Gasteiger charge is -2.22. The van der Waals surface area contributed by atoms with Crippen LogP contribution in [0, 0.1) is 25.2 Å². The number of nitrogens with zero attached hydrogens (tertiary/aromatic N) is 1. The van der Waals surface area contributed by atoms with Gasteiger partial charge >= 0.3 is 0 Å². The van der Waals surface area contributed by atoms with Crippen molar-refractivity contribution in [3.63, 3.8) is 0 Å². The summed E-state index contributed by atoms with van der Waals surface area (Å²) in [5.41, 5.74) is 2.05. The Balaban J connectivity index is 2.00. The summed E-state index contributed by atoms with van der Waals surface area (Å²) < 4.78 is 11.9. The molecule has 1 aliphatic rings. The fourth-order valence-electron chi connectivity index (χ4n) is 3.10. The summed E-state index contributed by atoms with van der Waals surface area (Å²) >= 11 is 1.74. The summed E-state index contributed by atoms with van der Waals surface area (Å²) in [6.07, 6.45) is 5.89. The van der Waals surface area contributed by atoms with Crippen molar-refractivity contribution in [3.8, 4) is 34.3 Å². The molecule has 0 aliphatic carbocycles. The maximum atomic E-state index is 12.5. The lowest BCUT2D eigenvalue weighted by molar-refractivity contribution is -0.135. The number of aryl methyl sites for hydroxylation is 1. The molecule has 0 saturated heterocycles. The van der Waals surface area contributed by atoms with Gasteiger partial charge in [0.1, 0.15) is 6.61 Å². The maximum absolute atomic E-state index is 12.5. The Morgan fingerprint density at radius 3 is 2.89 bits per heavy atom. The average Bonchev–Trinajstić information content (AvgIpc) is 2.96. The quantitative estimate of drug-likeness (QED) is 0.564. The number of hydrogen-bond donors (Lipinski definition) is 0. The third-order valence-electron chi connectivity index (χ3n) is 4.43. The van der Waals surface area contributed by atoms with E-state index in [1.165, 1.54) is 9.75 Å². The van der Waals surface area contributed by atoms with Crippen LogP contribution in [0.25, 0.3) is 10.4 Å². The Kier molecular flexibility index (Phi) is 6.08. The van der Waals surface area contributed by atoms with Crippen molar-refractivity contribution < 1.29 is 14.3 Å². The lowest BCUT2D eigenvalue weighted by Crippen LogP contribution is -2.35. The van der Waals surface area contributed by atoms with Gasteiger partial charge in [0.2, 0.25) is 5.91 Å². The average molecular weight is 384 g/mol. The number of carbonyl (C=O) groups is 1. The molecule has 0 saturated carbocycles. The van der Waals surface area contributed by atoms with Crippen molar-refractivity contribution in [2.75, 3.05) is 19.8 Å². The minimum absolute atomic E-state index is 0.0407. The lowest BCUT2D eigenvalue weighted by atomic mass is 10.1. The predicted molar refractivity (Wildman–Crippen MR) is 109 cm³/mol. The summed E-state index contributed by atoms with van der Waals surface area (Å²) in [4.78, 5) is 16.8. The zero-order chi connectivity index (χ0) is 19.4. The third-order valence-corrected chi connectivity index (χ3v) is 5.48. The molecule has 1 aromatic heterocycles. The summed E-state index contributed by atoms with van der Waals surface area (Å²) in [6.45, 7) is 7.93. The standard InChI is InChI=1S/C22H25NO3S/c1-5-6-10-25-19-13-17(20-8-7-16(4)27-20)12-18-14-23(22(24)15(2)3)9-11-26-21(18)19/h1,7-8,12-13,15H,6,9-11,14H2,2-4H3. The summed E-state index contributed by atoms with van der Waals surface area (Å²) in [5, 5.41) is 0. The van der Waals surface area contributed by atoms with Crippen molar-refractivity contribution >= 4 is 17.2 Å². The molecule has 142 valence electrons. The number of hydrogen-bond acceptors (Lipinski definition) is 4. The van der Waals surface area contributed by atoms with Gasteiger partial charge in [0.05, 0.1) is 13.2 Å². The van der Waals surface area contributed by atoms with E-state index in [1.54, 1.807) is 11.3 Å². The highest BCUT2D eigenvalue weighted by Crippen LogP contribution is 2.40. The Morgan fingerprint density at radius 1 is 1.41 bits per heavy atom. The van der Waals surface area contributed by atoms with Crippen molar-refractivity contribution in [1.82, 2.24) is 4.90 Å². The number of rotatable bonds is 5. The number of terminal acetylenes is 1. The zero-order valence-corrected chi connectivity index (χ0v) is 16.9. The van der Waals surface area contributed by atoms with Crippen LogP contribution in [0.5, 0.6) is 11.5 Å². The van der Waals surface area contributed by atoms with Crippen LogP contribution in [0.4, 0.5) is 0 Å². The molecule has 2 aromatic rings. The zero-order valence-electron chi connectivity index (χ0n) is 16.1. The predicted octanol–water partition coefficient (Wildman–Crippen LogP) is 4.50. The van der Waals surface area contributed by atoms with E-state index >= 15 is 0 Å². The second-order valence-electron chi connectivity index (χ2n) is 6.94. The molecule has 0 fully saturated rings. The van der Waals surface area contributed by atoms with Gasteiger partial charge in [-0.15, -0.1) is 23.7 Å². The third kappa shape index (κ3) is 4.45. The molecule has 4 nitrogen and oxygen atoms in total. The molecule has 0 radical (unpaired) electrons. The molecular weight excluding hydrogens is 358 g/mol. The van der Waals surface area contributed by atoms with Crippen LogP contribution < -0.4 is 9.47 Å².